The summed E-state index contributed by atoms with van der Waals surface area (Å²) in [5, 5.41) is 9.81. The van der Waals surface area contributed by atoms with Crippen LogP contribution in [0.2, 0.25) is 0 Å². The summed E-state index contributed by atoms with van der Waals surface area (Å²) in [5.74, 6) is -1.52. The van der Waals surface area contributed by atoms with E-state index in [9.17, 15) is 28.9 Å². The molecule has 0 saturated carbocycles. The van der Waals surface area contributed by atoms with Crippen LogP contribution in [0.3, 0.4) is 0 Å². The van der Waals surface area contributed by atoms with Gasteiger partial charge in [0.15, 0.2) is 6.10 Å². The molecular weight excluding hydrogens is 952 g/mol. The fourth-order valence-corrected chi connectivity index (χ4v) is 8.88. The highest BCUT2D eigenvalue weighted by atomic mass is 31.2. The Labute approximate surface area is 452 Å². The van der Waals surface area contributed by atoms with Crippen molar-refractivity contribution in [2.45, 2.75) is 277 Å². The minimum Gasteiger partial charge on any atom is -0.462 e. The molecule has 0 radical (unpaired) electrons. The maximum absolute atomic E-state index is 12.9. The number of ether oxygens (including phenoxy) is 3. The number of allylic oxidation sites excluding steroid dienone is 12. The predicted molar refractivity (Wildman–Crippen MR) is 307 cm³/mol. The Bertz CT molecular complexity index is 1520. The number of aliphatic hydroxyl groups is 1. The number of rotatable bonds is 55. The van der Waals surface area contributed by atoms with Gasteiger partial charge in [-0.1, -0.05) is 235 Å². The van der Waals surface area contributed by atoms with Gasteiger partial charge in [-0.05, 0) is 83.5 Å². The molecule has 11 nitrogen and oxygen atoms in total. The van der Waals surface area contributed by atoms with Crippen molar-refractivity contribution < 1.29 is 52.2 Å². The molecule has 428 valence electrons. The molecule has 0 saturated heterocycles. The van der Waals surface area contributed by atoms with Crippen molar-refractivity contribution in [1.29, 1.82) is 0 Å². The van der Waals surface area contributed by atoms with Crippen molar-refractivity contribution in [2.24, 2.45) is 0 Å². The monoisotopic (exact) mass is 1060 g/mol. The Morgan fingerprint density at radius 1 is 0.392 bits per heavy atom. The second-order valence-electron chi connectivity index (χ2n) is 19.8. The first-order valence-corrected chi connectivity index (χ1v) is 31.3. The van der Waals surface area contributed by atoms with E-state index in [1.807, 2.05) is 12.2 Å². The van der Waals surface area contributed by atoms with Crippen molar-refractivity contribution in [3.8, 4) is 0 Å². The minimum absolute atomic E-state index is 0.0982. The van der Waals surface area contributed by atoms with E-state index in [1.54, 1.807) is 0 Å². The van der Waals surface area contributed by atoms with Crippen LogP contribution in [0.4, 0.5) is 0 Å². The van der Waals surface area contributed by atoms with Crippen molar-refractivity contribution in [1.82, 2.24) is 0 Å². The highest BCUT2D eigenvalue weighted by Gasteiger charge is 2.28. The molecule has 0 aromatic heterocycles. The molecular formula is C62H109O11P. The summed E-state index contributed by atoms with van der Waals surface area (Å²) in [5.41, 5.74) is 0. The molecule has 0 aliphatic heterocycles. The van der Waals surface area contributed by atoms with Crippen LogP contribution < -0.4 is 0 Å². The number of esters is 3. The molecule has 3 unspecified atom stereocenters. The summed E-state index contributed by atoms with van der Waals surface area (Å²) in [6, 6.07) is 0. The topological polar surface area (TPSA) is 155 Å². The lowest BCUT2D eigenvalue weighted by atomic mass is 10.1. The summed E-state index contributed by atoms with van der Waals surface area (Å²) in [6.45, 7) is 4.48. The van der Waals surface area contributed by atoms with E-state index < -0.39 is 57.8 Å². The Balaban J connectivity index is 4.71. The smallest absolute Gasteiger partial charge is 0.462 e. The third-order valence-electron chi connectivity index (χ3n) is 12.6. The number of hydrogen-bond donors (Lipinski definition) is 2. The van der Waals surface area contributed by atoms with Crippen LogP contribution in [-0.4, -0.2) is 66.5 Å². The maximum atomic E-state index is 12.9. The summed E-state index contributed by atoms with van der Waals surface area (Å²) >= 11 is 0. The van der Waals surface area contributed by atoms with Crippen LogP contribution in [0.15, 0.2) is 72.9 Å². The van der Waals surface area contributed by atoms with Crippen LogP contribution >= 0.6 is 7.82 Å². The average molecular weight is 1060 g/mol. The molecule has 0 bridgehead atoms. The Kier molecular flexibility index (Phi) is 53.8. The van der Waals surface area contributed by atoms with Gasteiger partial charge in [-0.2, -0.15) is 0 Å². The van der Waals surface area contributed by atoms with Crippen molar-refractivity contribution in [3.63, 3.8) is 0 Å². The molecule has 0 aliphatic rings. The van der Waals surface area contributed by atoms with Gasteiger partial charge in [-0.25, -0.2) is 4.57 Å². The number of carbonyl (C=O) groups excluding carboxylic acids is 3. The first-order valence-electron chi connectivity index (χ1n) is 29.8. The zero-order chi connectivity index (χ0) is 54.1. The van der Waals surface area contributed by atoms with Crippen molar-refractivity contribution >= 4 is 25.7 Å². The van der Waals surface area contributed by atoms with E-state index in [2.05, 4.69) is 81.5 Å². The van der Waals surface area contributed by atoms with Gasteiger partial charge in [0, 0.05) is 19.3 Å². The van der Waals surface area contributed by atoms with Crippen LogP contribution in [0.1, 0.15) is 265 Å². The number of carbonyl (C=O) groups is 3. The lowest BCUT2D eigenvalue weighted by Gasteiger charge is -2.21. The normalized spacial score (nSPS) is 13.9. The van der Waals surface area contributed by atoms with Gasteiger partial charge in [-0.15, -0.1) is 0 Å². The van der Waals surface area contributed by atoms with Gasteiger partial charge < -0.3 is 24.2 Å². The molecule has 0 amide bonds. The first-order chi connectivity index (χ1) is 36.2. The fraction of sp³-hybridized carbons (Fsp3) is 0.758. The summed E-state index contributed by atoms with van der Waals surface area (Å²) in [6.07, 6.45) is 63.0. The van der Waals surface area contributed by atoms with Crippen LogP contribution in [0.25, 0.3) is 0 Å². The number of phosphoric acid groups is 1. The third-order valence-corrected chi connectivity index (χ3v) is 13.6. The van der Waals surface area contributed by atoms with Gasteiger partial charge in [0.25, 0.3) is 0 Å². The molecule has 2 N–H and O–H groups in total. The number of hydrogen-bond acceptors (Lipinski definition) is 10. The Morgan fingerprint density at radius 3 is 1.15 bits per heavy atom. The molecule has 0 aliphatic carbocycles. The second kappa shape index (κ2) is 56.1. The largest absolute Gasteiger partial charge is 0.472 e. The van der Waals surface area contributed by atoms with E-state index in [-0.39, 0.29) is 25.9 Å². The van der Waals surface area contributed by atoms with Gasteiger partial charge >= 0.3 is 25.7 Å². The standard InChI is InChI=1S/C62H109O11P/c1-4-7-10-13-16-19-22-24-26-28-29-31-33-35-38-41-44-47-50-53-62(66)73-59(55-69-60(64)51-48-45-42-39-36-21-18-15-12-9-6-3)57-71-74(67,68)70-56-58(54-63)72-61(65)52-49-46-43-40-37-34-32-30-27-25-23-20-17-14-11-8-5-2/h8,11,17,20,24-27,32,34,40,43,58-59,63H,4-7,9-10,12-16,18-19,21-23,28-31,33,35-39,41-42,44-57H2,1-3H3,(H,67,68)/b11-8-,20-17-,26-24-,27-25-,34-32-,43-40-. The SMILES string of the molecule is CC/C=C\C/C=C\C/C=C\C/C=C\C/C=C\CCCC(=O)OC(CO)COP(=O)(O)OCC(COC(=O)CCCCCCCCCCCCC)OC(=O)CCCCCCCCCCC/C=C\CCCCCCCC. The summed E-state index contributed by atoms with van der Waals surface area (Å²) in [4.78, 5) is 48.5. The molecule has 0 aromatic carbocycles. The van der Waals surface area contributed by atoms with E-state index >= 15 is 0 Å². The number of aliphatic hydroxyl groups excluding tert-OH is 1. The van der Waals surface area contributed by atoms with Crippen LogP contribution in [-0.2, 0) is 42.2 Å². The molecule has 0 spiro atoms. The molecule has 0 aromatic rings. The fourth-order valence-electron chi connectivity index (χ4n) is 8.09. The van der Waals surface area contributed by atoms with Crippen LogP contribution in [0, 0.1) is 0 Å². The summed E-state index contributed by atoms with van der Waals surface area (Å²) in [7, 11) is -4.76. The highest BCUT2D eigenvalue weighted by molar-refractivity contribution is 7.47. The number of phosphoric ester groups is 1. The first kappa shape index (κ1) is 70.9. The lowest BCUT2D eigenvalue weighted by molar-refractivity contribution is -0.161. The average Bonchev–Trinajstić information content (AvgIpc) is 3.39. The Hall–Kier alpha value is -3.08. The van der Waals surface area contributed by atoms with E-state index in [0.29, 0.717) is 25.7 Å². The van der Waals surface area contributed by atoms with Gasteiger partial charge in [0.2, 0.25) is 0 Å². The van der Waals surface area contributed by atoms with E-state index in [0.717, 1.165) is 70.6 Å². The number of unbranched alkanes of at least 4 members (excludes halogenated alkanes) is 26. The zero-order valence-electron chi connectivity index (χ0n) is 47.3. The molecule has 0 rings (SSSR count). The molecule has 3 atom stereocenters. The second-order valence-corrected chi connectivity index (χ2v) is 21.2. The third kappa shape index (κ3) is 53.7. The van der Waals surface area contributed by atoms with E-state index in [4.69, 9.17) is 23.3 Å². The minimum atomic E-state index is -4.76. The molecule has 12 heteroatoms. The van der Waals surface area contributed by atoms with Gasteiger partial charge in [0.1, 0.15) is 12.7 Å². The molecule has 0 fully saturated rings. The van der Waals surface area contributed by atoms with Gasteiger partial charge in [-0.3, -0.25) is 23.4 Å². The maximum Gasteiger partial charge on any atom is 0.472 e. The molecule has 0 heterocycles. The van der Waals surface area contributed by atoms with Crippen molar-refractivity contribution in [3.05, 3.63) is 72.9 Å². The molecule has 74 heavy (non-hydrogen) atoms. The van der Waals surface area contributed by atoms with Crippen LogP contribution in [0.5, 0.6) is 0 Å². The van der Waals surface area contributed by atoms with Crippen molar-refractivity contribution in [2.75, 3.05) is 26.4 Å². The highest BCUT2D eigenvalue weighted by Crippen LogP contribution is 2.43. The van der Waals surface area contributed by atoms with Gasteiger partial charge in [0.05, 0.1) is 19.8 Å². The predicted octanol–water partition coefficient (Wildman–Crippen LogP) is 17.7. The van der Waals surface area contributed by atoms with E-state index in [1.165, 1.54) is 128 Å². The Morgan fingerprint density at radius 2 is 0.716 bits per heavy atom. The lowest BCUT2D eigenvalue weighted by Crippen LogP contribution is -2.30. The zero-order valence-corrected chi connectivity index (χ0v) is 48.2. The quantitative estimate of drug-likeness (QED) is 0.0197. The summed E-state index contributed by atoms with van der Waals surface area (Å²) < 4.78 is 39.5.